The molecule has 0 unspecified atom stereocenters. The summed E-state index contributed by atoms with van der Waals surface area (Å²) in [5.74, 6) is 2.79. The third-order valence-corrected chi connectivity index (χ3v) is 8.45. The molecule has 3 aromatic rings. The molecule has 2 nitrogen and oxygen atoms in total. The Hall–Kier alpha value is -2.00. The number of aromatic nitrogens is 2. The number of nitrogens with zero attached hydrogens (tertiary/aromatic N) is 2. The lowest BCUT2D eigenvalue weighted by Gasteiger charge is -2.56. The van der Waals surface area contributed by atoms with Crippen molar-refractivity contribution < 1.29 is 0 Å². The van der Waals surface area contributed by atoms with Gasteiger partial charge in [-0.3, -0.25) is 4.98 Å². The first-order valence-corrected chi connectivity index (χ1v) is 12.5. The summed E-state index contributed by atoms with van der Waals surface area (Å²) in [5.41, 5.74) is 8.38. The van der Waals surface area contributed by atoms with E-state index in [0.717, 1.165) is 44.9 Å². The highest BCUT2D eigenvalue weighted by atomic mass is 79.9. The van der Waals surface area contributed by atoms with Crippen molar-refractivity contribution in [2.45, 2.75) is 57.8 Å². The minimum atomic E-state index is 0.313. The van der Waals surface area contributed by atoms with Gasteiger partial charge in [-0.25, -0.2) is 4.98 Å². The largest absolute Gasteiger partial charge is 0.251 e. The Labute approximate surface area is 193 Å². The molecule has 158 valence electrons. The molecular formula is C28H29BrN2. The second kappa shape index (κ2) is 7.27. The molecule has 4 bridgehead atoms. The second-order valence-corrected chi connectivity index (χ2v) is 11.5. The van der Waals surface area contributed by atoms with Gasteiger partial charge in [0.25, 0.3) is 0 Å². The summed E-state index contributed by atoms with van der Waals surface area (Å²) < 4.78 is 1.09. The molecule has 0 aliphatic heterocycles. The van der Waals surface area contributed by atoms with Crippen LogP contribution in [0.1, 0.15) is 55.3 Å². The van der Waals surface area contributed by atoms with E-state index in [1.165, 1.54) is 55.3 Å². The van der Waals surface area contributed by atoms with Gasteiger partial charge in [0.15, 0.2) is 0 Å². The summed E-state index contributed by atoms with van der Waals surface area (Å²) >= 11 is 3.53. The first-order valence-electron chi connectivity index (χ1n) is 11.7. The Balaban J connectivity index is 1.42. The highest BCUT2D eigenvalue weighted by Gasteiger charge is 2.52. The lowest BCUT2D eigenvalue weighted by Crippen LogP contribution is -2.49. The SMILES string of the molecule is Cc1cc(-c2ccc(Br)cc2)nc(-c2cc(C)cc(C34CC5CC(CC(C5)C3)C4)n2)c1. The lowest BCUT2D eigenvalue weighted by molar-refractivity contribution is -0.00717. The van der Waals surface area contributed by atoms with Crippen LogP contribution in [0.15, 0.2) is 53.0 Å². The standard InChI is InChI=1S/C28H29BrN2/c1-17-7-24(22-3-5-23(29)6-4-22)30-25(8-17)26-9-18(2)10-27(31-26)28-14-19-11-20(15-28)13-21(12-19)16-28/h3-10,19-21H,11-16H2,1-2H3. The van der Waals surface area contributed by atoms with Crippen molar-refractivity contribution >= 4 is 15.9 Å². The highest BCUT2D eigenvalue weighted by Crippen LogP contribution is 2.60. The van der Waals surface area contributed by atoms with Gasteiger partial charge in [-0.1, -0.05) is 28.1 Å². The number of pyridine rings is 2. The van der Waals surface area contributed by atoms with Gasteiger partial charge in [0.05, 0.1) is 17.1 Å². The normalized spacial score (nSPS) is 28.8. The summed E-state index contributed by atoms with van der Waals surface area (Å²) in [6.45, 7) is 4.38. The fraction of sp³-hybridized carbons (Fsp3) is 0.429. The zero-order valence-electron chi connectivity index (χ0n) is 18.4. The van der Waals surface area contributed by atoms with Gasteiger partial charge in [-0.2, -0.15) is 0 Å². The molecule has 3 heteroatoms. The van der Waals surface area contributed by atoms with Crippen molar-refractivity contribution in [2.24, 2.45) is 17.8 Å². The molecule has 0 amide bonds. The zero-order valence-corrected chi connectivity index (χ0v) is 20.0. The third-order valence-electron chi connectivity index (χ3n) is 7.92. The van der Waals surface area contributed by atoms with Crippen molar-refractivity contribution in [3.63, 3.8) is 0 Å². The van der Waals surface area contributed by atoms with Crippen LogP contribution in [0.4, 0.5) is 0 Å². The number of halogens is 1. The van der Waals surface area contributed by atoms with E-state index in [-0.39, 0.29) is 0 Å². The number of aryl methyl sites for hydroxylation is 2. The van der Waals surface area contributed by atoms with Crippen molar-refractivity contribution in [3.05, 3.63) is 69.8 Å². The van der Waals surface area contributed by atoms with Gasteiger partial charge in [0.1, 0.15) is 0 Å². The van der Waals surface area contributed by atoms with E-state index in [2.05, 4.69) is 78.3 Å². The molecule has 1 aromatic carbocycles. The van der Waals surface area contributed by atoms with E-state index in [9.17, 15) is 0 Å². The van der Waals surface area contributed by atoms with Crippen LogP contribution in [-0.2, 0) is 5.41 Å². The quantitative estimate of drug-likeness (QED) is 0.390. The van der Waals surface area contributed by atoms with Crippen LogP contribution in [0.2, 0.25) is 0 Å². The summed E-state index contributed by atoms with van der Waals surface area (Å²) in [6.07, 6.45) is 8.44. The van der Waals surface area contributed by atoms with Crippen molar-refractivity contribution in [1.29, 1.82) is 0 Å². The monoisotopic (exact) mass is 472 g/mol. The first kappa shape index (κ1) is 19.7. The minimum Gasteiger partial charge on any atom is -0.251 e. The Bertz CT molecular complexity index is 1110. The maximum absolute atomic E-state index is 5.31. The maximum Gasteiger partial charge on any atom is 0.0896 e. The molecule has 0 spiro atoms. The van der Waals surface area contributed by atoms with Crippen molar-refractivity contribution in [3.8, 4) is 22.6 Å². The smallest absolute Gasteiger partial charge is 0.0896 e. The lowest BCUT2D eigenvalue weighted by atomic mass is 9.48. The summed E-state index contributed by atoms with van der Waals surface area (Å²) in [7, 11) is 0. The van der Waals surface area contributed by atoms with Gasteiger partial charge in [0, 0.05) is 21.1 Å². The van der Waals surface area contributed by atoms with Gasteiger partial charge < -0.3 is 0 Å². The zero-order chi connectivity index (χ0) is 21.2. The molecule has 31 heavy (non-hydrogen) atoms. The number of hydrogen-bond donors (Lipinski definition) is 0. The molecule has 0 atom stereocenters. The summed E-state index contributed by atoms with van der Waals surface area (Å²) in [6, 6.07) is 17.4. The van der Waals surface area contributed by atoms with Gasteiger partial charge in [-0.05, 0) is 118 Å². The fourth-order valence-corrected chi connectivity index (χ4v) is 7.33. The van der Waals surface area contributed by atoms with Gasteiger partial charge >= 0.3 is 0 Å². The third kappa shape index (κ3) is 3.55. The maximum atomic E-state index is 5.31. The molecule has 0 N–H and O–H groups in total. The first-order chi connectivity index (χ1) is 15.0. The van der Waals surface area contributed by atoms with Crippen LogP contribution in [0, 0.1) is 31.6 Å². The molecular weight excluding hydrogens is 444 g/mol. The summed E-state index contributed by atoms with van der Waals surface area (Å²) in [5, 5.41) is 0. The molecule has 2 aromatic heterocycles. The Kier molecular flexibility index (Phi) is 4.61. The van der Waals surface area contributed by atoms with Crippen LogP contribution in [0.5, 0.6) is 0 Å². The molecule has 2 heterocycles. The van der Waals surface area contributed by atoms with E-state index in [1.807, 2.05) is 0 Å². The number of rotatable bonds is 3. The van der Waals surface area contributed by atoms with Crippen LogP contribution in [-0.4, -0.2) is 9.97 Å². The number of benzene rings is 1. The van der Waals surface area contributed by atoms with Gasteiger partial charge in [0.2, 0.25) is 0 Å². The van der Waals surface area contributed by atoms with Crippen LogP contribution < -0.4 is 0 Å². The Morgan fingerprint density at radius 2 is 1.23 bits per heavy atom. The predicted octanol–water partition coefficient (Wildman–Crippen LogP) is 7.66. The minimum absolute atomic E-state index is 0.313. The van der Waals surface area contributed by atoms with E-state index >= 15 is 0 Å². The molecule has 4 saturated carbocycles. The molecule has 0 saturated heterocycles. The van der Waals surface area contributed by atoms with Crippen molar-refractivity contribution in [2.75, 3.05) is 0 Å². The molecule has 0 radical (unpaired) electrons. The molecule has 4 aliphatic carbocycles. The van der Waals surface area contributed by atoms with Gasteiger partial charge in [-0.15, -0.1) is 0 Å². The van der Waals surface area contributed by atoms with Crippen LogP contribution in [0.25, 0.3) is 22.6 Å². The molecule has 7 rings (SSSR count). The topological polar surface area (TPSA) is 25.8 Å². The van der Waals surface area contributed by atoms with Crippen LogP contribution in [0.3, 0.4) is 0 Å². The van der Waals surface area contributed by atoms with E-state index in [4.69, 9.17) is 9.97 Å². The van der Waals surface area contributed by atoms with E-state index in [0.29, 0.717) is 5.41 Å². The molecule has 4 fully saturated rings. The van der Waals surface area contributed by atoms with Crippen LogP contribution >= 0.6 is 15.9 Å². The Morgan fingerprint density at radius 3 is 1.84 bits per heavy atom. The summed E-state index contributed by atoms with van der Waals surface area (Å²) in [4.78, 5) is 10.4. The number of hydrogen-bond acceptors (Lipinski definition) is 2. The van der Waals surface area contributed by atoms with E-state index in [1.54, 1.807) is 0 Å². The highest BCUT2D eigenvalue weighted by molar-refractivity contribution is 9.10. The average Bonchev–Trinajstić information content (AvgIpc) is 2.72. The average molecular weight is 473 g/mol. The van der Waals surface area contributed by atoms with Crippen molar-refractivity contribution in [1.82, 2.24) is 9.97 Å². The van der Waals surface area contributed by atoms with E-state index < -0.39 is 0 Å². The molecule has 4 aliphatic rings. The predicted molar refractivity (Wildman–Crippen MR) is 130 cm³/mol. The second-order valence-electron chi connectivity index (χ2n) is 10.5. The Morgan fingerprint density at radius 1 is 0.710 bits per heavy atom. The fourth-order valence-electron chi connectivity index (χ4n) is 7.06.